The van der Waals surface area contributed by atoms with Crippen molar-refractivity contribution in [2.45, 2.75) is 25.8 Å². The smallest absolute Gasteiger partial charge is 0.319 e. The van der Waals surface area contributed by atoms with Crippen molar-refractivity contribution in [2.75, 3.05) is 17.3 Å². The number of carbonyl (C=O) groups excluding carboxylic acids is 2. The number of fused-ring (bicyclic) bond motifs is 1. The highest BCUT2D eigenvalue weighted by Gasteiger charge is 2.22. The fourth-order valence-electron chi connectivity index (χ4n) is 2.99. The van der Waals surface area contributed by atoms with E-state index in [9.17, 15) is 9.59 Å². The van der Waals surface area contributed by atoms with Crippen LogP contribution in [0.5, 0.6) is 0 Å². The van der Waals surface area contributed by atoms with E-state index in [1.54, 1.807) is 19.2 Å². The van der Waals surface area contributed by atoms with Gasteiger partial charge in [0.05, 0.1) is 0 Å². The molecule has 124 valence electrons. The van der Waals surface area contributed by atoms with E-state index in [1.165, 1.54) is 23.0 Å². The molecule has 0 heterocycles. The third-order valence-corrected chi connectivity index (χ3v) is 4.35. The van der Waals surface area contributed by atoms with Gasteiger partial charge in [0.1, 0.15) is 0 Å². The Labute approximate surface area is 141 Å². The molecule has 3 rings (SSSR count). The van der Waals surface area contributed by atoms with Gasteiger partial charge in [-0.25, -0.2) is 4.79 Å². The van der Waals surface area contributed by atoms with Crippen molar-refractivity contribution in [3.8, 4) is 0 Å². The van der Waals surface area contributed by atoms with Gasteiger partial charge in [0, 0.05) is 31.4 Å². The SMILES string of the molecule is CC(=O)N(C)c1cccc(NC(=O)NC2Cc3ccccc3C2)c1. The lowest BCUT2D eigenvalue weighted by Crippen LogP contribution is -2.38. The van der Waals surface area contributed by atoms with E-state index in [4.69, 9.17) is 0 Å². The van der Waals surface area contributed by atoms with E-state index in [0.717, 1.165) is 18.5 Å². The molecule has 0 aromatic heterocycles. The molecule has 2 aromatic carbocycles. The van der Waals surface area contributed by atoms with Crippen LogP contribution in [0.1, 0.15) is 18.1 Å². The summed E-state index contributed by atoms with van der Waals surface area (Å²) in [7, 11) is 1.71. The van der Waals surface area contributed by atoms with Gasteiger partial charge in [-0.2, -0.15) is 0 Å². The van der Waals surface area contributed by atoms with E-state index < -0.39 is 0 Å². The topological polar surface area (TPSA) is 61.4 Å². The van der Waals surface area contributed by atoms with Gasteiger partial charge in [0.2, 0.25) is 5.91 Å². The Balaban J connectivity index is 1.60. The van der Waals surface area contributed by atoms with Crippen LogP contribution in [0.3, 0.4) is 0 Å². The zero-order valence-electron chi connectivity index (χ0n) is 13.9. The van der Waals surface area contributed by atoms with Gasteiger partial charge in [-0.05, 0) is 42.2 Å². The second-order valence-corrected chi connectivity index (χ2v) is 6.10. The summed E-state index contributed by atoms with van der Waals surface area (Å²) < 4.78 is 0. The van der Waals surface area contributed by atoms with Crippen LogP contribution in [0.15, 0.2) is 48.5 Å². The van der Waals surface area contributed by atoms with Crippen LogP contribution in [0.2, 0.25) is 0 Å². The molecular weight excluding hydrogens is 302 g/mol. The summed E-state index contributed by atoms with van der Waals surface area (Å²) in [6, 6.07) is 15.4. The average molecular weight is 323 g/mol. The number of nitrogens with one attached hydrogen (secondary N) is 2. The first-order valence-corrected chi connectivity index (χ1v) is 8.01. The molecule has 0 fully saturated rings. The molecule has 0 unspecified atom stereocenters. The van der Waals surface area contributed by atoms with Gasteiger partial charge in [0.15, 0.2) is 0 Å². The molecule has 3 amide bonds. The molecule has 5 nitrogen and oxygen atoms in total. The normalized spacial score (nSPS) is 13.2. The molecule has 5 heteroatoms. The quantitative estimate of drug-likeness (QED) is 0.912. The summed E-state index contributed by atoms with van der Waals surface area (Å²) in [5.41, 5.74) is 4.00. The Hall–Kier alpha value is -2.82. The summed E-state index contributed by atoms with van der Waals surface area (Å²) in [5.74, 6) is -0.0553. The number of nitrogens with zero attached hydrogens (tertiary/aromatic N) is 1. The molecule has 0 radical (unpaired) electrons. The molecule has 0 saturated heterocycles. The first kappa shape index (κ1) is 16.1. The van der Waals surface area contributed by atoms with Crippen molar-refractivity contribution < 1.29 is 9.59 Å². The minimum absolute atomic E-state index is 0.0553. The molecule has 2 aromatic rings. The van der Waals surface area contributed by atoms with Gasteiger partial charge in [-0.1, -0.05) is 30.3 Å². The van der Waals surface area contributed by atoms with Crippen molar-refractivity contribution in [3.63, 3.8) is 0 Å². The Morgan fingerprint density at radius 2 is 1.71 bits per heavy atom. The number of hydrogen-bond acceptors (Lipinski definition) is 2. The second kappa shape index (κ2) is 6.74. The van der Waals surface area contributed by atoms with Crippen molar-refractivity contribution in [3.05, 3.63) is 59.7 Å². The molecule has 2 N–H and O–H groups in total. The number of amides is 3. The second-order valence-electron chi connectivity index (χ2n) is 6.10. The molecule has 0 spiro atoms. The maximum Gasteiger partial charge on any atom is 0.319 e. The first-order chi connectivity index (χ1) is 11.5. The molecule has 1 aliphatic rings. The van der Waals surface area contributed by atoms with Gasteiger partial charge in [-0.3, -0.25) is 4.79 Å². The highest BCUT2D eigenvalue weighted by atomic mass is 16.2. The van der Waals surface area contributed by atoms with E-state index in [-0.39, 0.29) is 18.0 Å². The Kier molecular flexibility index (Phi) is 4.51. The third kappa shape index (κ3) is 3.56. The fraction of sp³-hybridized carbons (Fsp3) is 0.263. The number of rotatable bonds is 3. The summed E-state index contributed by atoms with van der Waals surface area (Å²) in [6.07, 6.45) is 1.72. The highest BCUT2D eigenvalue weighted by molar-refractivity contribution is 5.93. The zero-order chi connectivity index (χ0) is 17.1. The van der Waals surface area contributed by atoms with Crippen LogP contribution in [-0.2, 0) is 17.6 Å². The van der Waals surface area contributed by atoms with Crippen molar-refractivity contribution in [1.29, 1.82) is 0 Å². The maximum absolute atomic E-state index is 12.2. The minimum atomic E-state index is -0.226. The lowest BCUT2D eigenvalue weighted by Gasteiger charge is -2.17. The van der Waals surface area contributed by atoms with E-state index in [2.05, 4.69) is 22.8 Å². The maximum atomic E-state index is 12.2. The highest BCUT2D eigenvalue weighted by Crippen LogP contribution is 2.22. The van der Waals surface area contributed by atoms with Crippen LogP contribution < -0.4 is 15.5 Å². The van der Waals surface area contributed by atoms with E-state index >= 15 is 0 Å². The summed E-state index contributed by atoms with van der Waals surface area (Å²) in [6.45, 7) is 1.50. The van der Waals surface area contributed by atoms with Gasteiger partial charge in [-0.15, -0.1) is 0 Å². The third-order valence-electron chi connectivity index (χ3n) is 4.35. The molecule has 0 bridgehead atoms. The van der Waals surface area contributed by atoms with Crippen LogP contribution in [0, 0.1) is 0 Å². The van der Waals surface area contributed by atoms with Crippen molar-refractivity contribution in [1.82, 2.24) is 5.32 Å². The predicted octanol–water partition coefficient (Wildman–Crippen LogP) is 2.96. The number of carbonyl (C=O) groups is 2. The monoisotopic (exact) mass is 323 g/mol. The average Bonchev–Trinajstić information content (AvgIpc) is 2.96. The van der Waals surface area contributed by atoms with Crippen LogP contribution in [0.25, 0.3) is 0 Å². The number of hydrogen-bond donors (Lipinski definition) is 2. The van der Waals surface area contributed by atoms with Crippen LogP contribution >= 0.6 is 0 Å². The van der Waals surface area contributed by atoms with E-state index in [0.29, 0.717) is 5.69 Å². The largest absolute Gasteiger partial charge is 0.334 e. The summed E-state index contributed by atoms with van der Waals surface area (Å²) in [4.78, 5) is 25.2. The molecule has 0 aliphatic heterocycles. The molecular formula is C19H21N3O2. The predicted molar refractivity (Wildman–Crippen MR) is 95.3 cm³/mol. The van der Waals surface area contributed by atoms with Gasteiger partial charge >= 0.3 is 6.03 Å². The molecule has 0 saturated carbocycles. The Bertz CT molecular complexity index is 748. The van der Waals surface area contributed by atoms with Gasteiger partial charge < -0.3 is 15.5 Å². The van der Waals surface area contributed by atoms with Crippen molar-refractivity contribution >= 4 is 23.3 Å². The lowest BCUT2D eigenvalue weighted by atomic mass is 10.1. The van der Waals surface area contributed by atoms with Crippen LogP contribution in [0.4, 0.5) is 16.2 Å². The molecule has 1 aliphatic carbocycles. The van der Waals surface area contributed by atoms with E-state index in [1.807, 2.05) is 24.3 Å². The van der Waals surface area contributed by atoms with Crippen molar-refractivity contribution in [2.24, 2.45) is 0 Å². The molecule has 24 heavy (non-hydrogen) atoms. The number of anilines is 2. The van der Waals surface area contributed by atoms with Crippen LogP contribution in [-0.4, -0.2) is 25.0 Å². The van der Waals surface area contributed by atoms with Gasteiger partial charge in [0.25, 0.3) is 0 Å². The lowest BCUT2D eigenvalue weighted by molar-refractivity contribution is -0.116. The fourth-order valence-corrected chi connectivity index (χ4v) is 2.99. The number of benzene rings is 2. The summed E-state index contributed by atoms with van der Waals surface area (Å²) >= 11 is 0. The molecule has 0 atom stereocenters. The summed E-state index contributed by atoms with van der Waals surface area (Å²) in [5, 5.41) is 5.86. The zero-order valence-corrected chi connectivity index (χ0v) is 13.9. The number of urea groups is 1. The Morgan fingerprint density at radius 3 is 2.33 bits per heavy atom. The standard InChI is InChI=1S/C19H21N3O2/c1-13(23)22(2)18-9-5-8-16(12-18)20-19(24)21-17-10-14-6-3-4-7-15(14)11-17/h3-9,12,17H,10-11H2,1-2H3,(H2,20,21,24). The Morgan fingerprint density at radius 1 is 1.04 bits per heavy atom. The minimum Gasteiger partial charge on any atom is -0.334 e. The first-order valence-electron chi connectivity index (χ1n) is 8.01.